The molecular weight excluding hydrogens is 424 g/mol. The number of carbonyl (C=O) groups is 1. The minimum absolute atomic E-state index is 0.0883. The number of halogens is 1. The summed E-state index contributed by atoms with van der Waals surface area (Å²) >= 11 is 6.07. The summed E-state index contributed by atoms with van der Waals surface area (Å²) in [6.07, 6.45) is 0. The highest BCUT2D eigenvalue weighted by Crippen LogP contribution is 2.26. The Bertz CT molecular complexity index is 1130. The molecule has 30 heavy (non-hydrogen) atoms. The molecule has 0 radical (unpaired) electrons. The number of nitrogens with one attached hydrogen (secondary N) is 1. The molecule has 0 aromatic heterocycles. The van der Waals surface area contributed by atoms with Crippen LogP contribution in [0.25, 0.3) is 0 Å². The van der Waals surface area contributed by atoms with Crippen molar-refractivity contribution in [3.8, 4) is 5.75 Å². The highest BCUT2D eigenvalue weighted by molar-refractivity contribution is 7.92. The molecule has 0 fully saturated rings. The first-order valence-electron chi connectivity index (χ1n) is 9.08. The third-order valence-electron chi connectivity index (χ3n) is 4.37. The van der Waals surface area contributed by atoms with Gasteiger partial charge in [0.05, 0.1) is 17.7 Å². The molecule has 0 bridgehead atoms. The van der Waals surface area contributed by atoms with Gasteiger partial charge in [0.1, 0.15) is 12.3 Å². The smallest absolute Gasteiger partial charge is 0.264 e. The number of carbonyl (C=O) groups excluding carboxylic acids is 1. The summed E-state index contributed by atoms with van der Waals surface area (Å²) in [5.41, 5.74) is 1.76. The molecule has 6 nitrogen and oxygen atoms in total. The fraction of sp³-hybridized carbons (Fsp3) is 0.136. The van der Waals surface area contributed by atoms with Crippen LogP contribution in [-0.2, 0) is 14.8 Å². The first kappa shape index (κ1) is 21.7. The zero-order valence-corrected chi connectivity index (χ0v) is 18.1. The summed E-state index contributed by atoms with van der Waals surface area (Å²) in [5, 5.41) is 3.07. The summed E-state index contributed by atoms with van der Waals surface area (Å²) in [5.74, 6) is 0.159. The molecular formula is C22H21ClN2O4S. The van der Waals surface area contributed by atoms with Gasteiger partial charge in [0.15, 0.2) is 0 Å². The lowest BCUT2D eigenvalue weighted by Gasteiger charge is -2.24. The molecule has 8 heteroatoms. The number of sulfonamides is 1. The van der Waals surface area contributed by atoms with Crippen LogP contribution in [-0.4, -0.2) is 28.0 Å². The lowest BCUT2D eigenvalue weighted by atomic mass is 10.2. The summed E-state index contributed by atoms with van der Waals surface area (Å²) in [6.45, 7) is 1.45. The van der Waals surface area contributed by atoms with E-state index in [4.69, 9.17) is 16.3 Å². The maximum atomic E-state index is 13.3. The Labute approximate surface area is 181 Å². The second kappa shape index (κ2) is 9.19. The molecule has 1 N–H and O–H groups in total. The quantitative estimate of drug-likeness (QED) is 0.582. The topological polar surface area (TPSA) is 75.7 Å². The van der Waals surface area contributed by atoms with E-state index in [1.165, 1.54) is 18.2 Å². The molecule has 0 atom stereocenters. The molecule has 0 aliphatic heterocycles. The molecule has 3 rings (SSSR count). The number of rotatable bonds is 7. The van der Waals surface area contributed by atoms with Gasteiger partial charge in [-0.15, -0.1) is 0 Å². The fourth-order valence-electron chi connectivity index (χ4n) is 2.79. The maximum Gasteiger partial charge on any atom is 0.264 e. The number of benzene rings is 3. The molecule has 0 aliphatic carbocycles. The van der Waals surface area contributed by atoms with Gasteiger partial charge in [0.2, 0.25) is 5.91 Å². The Hall–Kier alpha value is -3.03. The lowest BCUT2D eigenvalue weighted by Crippen LogP contribution is -2.38. The largest absolute Gasteiger partial charge is 0.497 e. The average molecular weight is 445 g/mol. The van der Waals surface area contributed by atoms with Gasteiger partial charge in [0.25, 0.3) is 10.0 Å². The van der Waals surface area contributed by atoms with E-state index in [1.54, 1.807) is 61.7 Å². The SMILES string of the molecule is COc1ccc(NC(=O)CN(c2cccc(Cl)c2)S(=O)(=O)c2ccc(C)cc2)cc1. The molecule has 0 saturated heterocycles. The van der Waals surface area contributed by atoms with E-state index >= 15 is 0 Å². The lowest BCUT2D eigenvalue weighted by molar-refractivity contribution is -0.114. The van der Waals surface area contributed by atoms with E-state index < -0.39 is 22.5 Å². The number of methoxy groups -OCH3 is 1. The fourth-order valence-corrected chi connectivity index (χ4v) is 4.39. The van der Waals surface area contributed by atoms with Gasteiger partial charge < -0.3 is 10.1 Å². The van der Waals surface area contributed by atoms with Gasteiger partial charge in [-0.25, -0.2) is 8.42 Å². The van der Waals surface area contributed by atoms with Crippen LogP contribution in [0.15, 0.2) is 77.7 Å². The van der Waals surface area contributed by atoms with E-state index in [0.717, 1.165) is 9.87 Å². The van der Waals surface area contributed by atoms with Crippen molar-refractivity contribution >= 4 is 38.9 Å². The van der Waals surface area contributed by atoms with E-state index in [-0.39, 0.29) is 4.90 Å². The molecule has 156 valence electrons. The van der Waals surface area contributed by atoms with Crippen LogP contribution in [0.1, 0.15) is 5.56 Å². The van der Waals surface area contributed by atoms with Gasteiger partial charge in [-0.05, 0) is 61.5 Å². The zero-order chi connectivity index (χ0) is 21.7. The van der Waals surface area contributed by atoms with Gasteiger partial charge in [-0.1, -0.05) is 35.4 Å². The molecule has 0 saturated carbocycles. The molecule has 0 unspecified atom stereocenters. The van der Waals surface area contributed by atoms with Gasteiger partial charge in [-0.3, -0.25) is 9.10 Å². The van der Waals surface area contributed by atoms with E-state index in [2.05, 4.69) is 5.32 Å². The number of nitrogens with zero attached hydrogens (tertiary/aromatic N) is 1. The van der Waals surface area contributed by atoms with Crippen molar-refractivity contribution in [1.29, 1.82) is 0 Å². The van der Waals surface area contributed by atoms with Gasteiger partial charge in [-0.2, -0.15) is 0 Å². The van der Waals surface area contributed by atoms with E-state index in [1.807, 2.05) is 6.92 Å². The normalized spacial score (nSPS) is 11.0. The van der Waals surface area contributed by atoms with Crippen LogP contribution in [0.3, 0.4) is 0 Å². The molecule has 0 aliphatic rings. The van der Waals surface area contributed by atoms with Crippen molar-refractivity contribution in [2.75, 3.05) is 23.3 Å². The standard InChI is InChI=1S/C22H21ClN2O4S/c1-16-6-12-21(13-7-16)30(27,28)25(19-5-3-4-17(23)14-19)15-22(26)24-18-8-10-20(29-2)11-9-18/h3-14H,15H2,1-2H3,(H,24,26). The van der Waals surface area contributed by atoms with E-state index in [9.17, 15) is 13.2 Å². The van der Waals surface area contributed by atoms with Crippen LogP contribution in [0, 0.1) is 6.92 Å². The number of aryl methyl sites for hydroxylation is 1. The number of hydrogen-bond acceptors (Lipinski definition) is 4. The van der Waals surface area contributed by atoms with Crippen LogP contribution in [0.2, 0.25) is 5.02 Å². The number of amides is 1. The Kier molecular flexibility index (Phi) is 6.64. The molecule has 0 spiro atoms. The molecule has 0 heterocycles. The summed E-state index contributed by atoms with van der Waals surface area (Å²) in [6, 6.07) is 19.6. The third kappa shape index (κ3) is 5.11. The van der Waals surface area contributed by atoms with Crippen LogP contribution in [0.4, 0.5) is 11.4 Å². The van der Waals surface area contributed by atoms with Crippen molar-refractivity contribution in [2.24, 2.45) is 0 Å². The van der Waals surface area contributed by atoms with Crippen LogP contribution >= 0.6 is 11.6 Å². The molecule has 1 amide bonds. The summed E-state index contributed by atoms with van der Waals surface area (Å²) < 4.78 is 32.8. The number of ether oxygens (including phenoxy) is 1. The van der Waals surface area contributed by atoms with Crippen molar-refractivity contribution in [1.82, 2.24) is 0 Å². The first-order chi connectivity index (χ1) is 14.3. The highest BCUT2D eigenvalue weighted by atomic mass is 35.5. The van der Waals surface area contributed by atoms with Crippen molar-refractivity contribution in [3.63, 3.8) is 0 Å². The third-order valence-corrected chi connectivity index (χ3v) is 6.39. The Morgan fingerprint density at radius 1 is 1.03 bits per heavy atom. The van der Waals surface area contributed by atoms with Crippen molar-refractivity contribution in [2.45, 2.75) is 11.8 Å². The average Bonchev–Trinajstić information content (AvgIpc) is 2.73. The Morgan fingerprint density at radius 3 is 2.30 bits per heavy atom. The van der Waals surface area contributed by atoms with Crippen molar-refractivity contribution in [3.05, 3.63) is 83.4 Å². The zero-order valence-electron chi connectivity index (χ0n) is 16.5. The minimum atomic E-state index is -3.99. The van der Waals surface area contributed by atoms with Crippen molar-refractivity contribution < 1.29 is 17.9 Å². The minimum Gasteiger partial charge on any atom is -0.497 e. The van der Waals surface area contributed by atoms with Crippen LogP contribution in [0.5, 0.6) is 5.75 Å². The highest BCUT2D eigenvalue weighted by Gasteiger charge is 2.27. The number of hydrogen-bond donors (Lipinski definition) is 1. The molecule has 3 aromatic rings. The Morgan fingerprint density at radius 2 is 1.70 bits per heavy atom. The summed E-state index contributed by atoms with van der Waals surface area (Å²) in [4.78, 5) is 12.8. The predicted molar refractivity (Wildman–Crippen MR) is 119 cm³/mol. The monoisotopic (exact) mass is 444 g/mol. The Balaban J connectivity index is 1.91. The predicted octanol–water partition coefficient (Wildman–Crippen LogP) is 4.49. The van der Waals surface area contributed by atoms with E-state index in [0.29, 0.717) is 22.1 Å². The maximum absolute atomic E-state index is 13.3. The van der Waals surface area contributed by atoms with Gasteiger partial charge in [0, 0.05) is 10.7 Å². The van der Waals surface area contributed by atoms with Gasteiger partial charge >= 0.3 is 0 Å². The molecule has 3 aromatic carbocycles. The first-order valence-corrected chi connectivity index (χ1v) is 10.9. The van der Waals surface area contributed by atoms with Crippen LogP contribution < -0.4 is 14.4 Å². The second-order valence-corrected chi connectivity index (χ2v) is 8.88. The number of anilines is 2. The summed E-state index contributed by atoms with van der Waals surface area (Å²) in [7, 11) is -2.44. The second-order valence-electron chi connectivity index (χ2n) is 6.58.